The van der Waals surface area contributed by atoms with Crippen LogP contribution in [0.2, 0.25) is 58.9 Å². The Morgan fingerprint density at radius 2 is 1.49 bits per heavy atom. The van der Waals surface area contributed by atoms with Crippen molar-refractivity contribution in [1.82, 2.24) is 9.55 Å². The number of nitrogens with zero attached hydrogens (tertiary/aromatic N) is 3. The predicted molar refractivity (Wildman–Crippen MR) is 154 cm³/mol. The summed E-state index contributed by atoms with van der Waals surface area (Å²) in [6.45, 7) is 17.7. The summed E-state index contributed by atoms with van der Waals surface area (Å²) in [4.78, 5) is 19.6. The molecule has 220 valence electrons. The number of fused-ring (bicyclic) bond motifs is 1. The Morgan fingerprint density at radius 3 is 1.95 bits per heavy atom. The highest BCUT2D eigenvalue weighted by molar-refractivity contribution is 7.56. The lowest BCUT2D eigenvalue weighted by Gasteiger charge is -2.33. The van der Waals surface area contributed by atoms with Crippen LogP contribution in [-0.2, 0) is 30.2 Å². The van der Waals surface area contributed by atoms with Crippen molar-refractivity contribution in [2.45, 2.75) is 71.4 Å². The largest absolute Gasteiger partial charge is 0.528 e. The number of halogens is 3. The predicted octanol–water partition coefficient (Wildman–Crippen LogP) is 6.32. The van der Waals surface area contributed by atoms with E-state index in [0.29, 0.717) is 0 Å². The van der Waals surface area contributed by atoms with Crippen LogP contribution in [0.15, 0.2) is 16.9 Å². The molecular weight excluding hydrogens is 586 g/mol. The van der Waals surface area contributed by atoms with Gasteiger partial charge in [0.1, 0.15) is 6.29 Å². The standard InChI is InChI=1S/C23H39F3N3O6PSi3/c1-37(2,3)33-21-22(30)29(16-36(31,34-38(4,5)6)35-39(7,8)9)20-15-19(28-10-12-32-13-11-28)17(23(24,25)26)14-18(20)27-21/h14-15H,10-13,16H2,1-9H3. The van der Waals surface area contributed by atoms with Crippen molar-refractivity contribution in [2.24, 2.45) is 0 Å². The summed E-state index contributed by atoms with van der Waals surface area (Å²) in [5.41, 5.74) is -1.68. The van der Waals surface area contributed by atoms with Gasteiger partial charge >= 0.3 is 19.3 Å². The number of morpholine rings is 1. The SMILES string of the molecule is C[Si](C)(C)Oc1nc2cc(C(F)(F)F)c(N3CCOCC3)cc2n(CP(=O)(O[Si](C)(C)C)O[Si](C)(C)C)c1=O. The lowest BCUT2D eigenvalue weighted by Crippen LogP contribution is -2.38. The topological polar surface area (TPSA) is 92.1 Å². The van der Waals surface area contributed by atoms with E-state index in [-0.39, 0.29) is 48.9 Å². The Balaban J connectivity index is 2.36. The quantitative estimate of drug-likeness (QED) is 0.236. The maximum absolute atomic E-state index is 14.3. The van der Waals surface area contributed by atoms with Crippen molar-refractivity contribution in [1.29, 1.82) is 0 Å². The molecule has 3 rings (SSSR count). The number of rotatable bonds is 9. The second-order valence-electron chi connectivity index (χ2n) is 12.5. The molecule has 1 aromatic heterocycles. The minimum Gasteiger partial charge on any atom is -0.528 e. The van der Waals surface area contributed by atoms with Crippen LogP contribution in [0, 0.1) is 0 Å². The molecule has 0 aliphatic carbocycles. The van der Waals surface area contributed by atoms with Gasteiger partial charge in [0.15, 0.2) is 16.6 Å². The van der Waals surface area contributed by atoms with Gasteiger partial charge in [-0.2, -0.15) is 13.2 Å². The summed E-state index contributed by atoms with van der Waals surface area (Å²) in [7, 11) is -11.2. The molecule has 0 N–H and O–H groups in total. The van der Waals surface area contributed by atoms with Gasteiger partial charge in [-0.15, -0.1) is 0 Å². The molecule has 0 radical (unpaired) electrons. The number of hydrogen-bond donors (Lipinski definition) is 0. The summed E-state index contributed by atoms with van der Waals surface area (Å²) in [5, 5.41) is 0. The molecule has 1 fully saturated rings. The van der Waals surface area contributed by atoms with E-state index in [4.69, 9.17) is 17.6 Å². The molecule has 0 saturated carbocycles. The molecule has 1 aliphatic rings. The zero-order valence-corrected chi connectivity index (χ0v) is 28.0. The average molecular weight is 626 g/mol. The molecule has 0 bridgehead atoms. The van der Waals surface area contributed by atoms with Gasteiger partial charge in [-0.3, -0.25) is 13.9 Å². The van der Waals surface area contributed by atoms with E-state index in [0.717, 1.165) is 10.6 Å². The first-order valence-electron chi connectivity index (χ1n) is 12.8. The highest BCUT2D eigenvalue weighted by Gasteiger charge is 2.40. The third kappa shape index (κ3) is 8.75. The van der Waals surface area contributed by atoms with Gasteiger partial charge in [0.2, 0.25) is 8.32 Å². The van der Waals surface area contributed by atoms with E-state index in [9.17, 15) is 22.5 Å². The Hall–Kier alpha value is -1.49. The number of ether oxygens (including phenoxy) is 1. The van der Waals surface area contributed by atoms with E-state index >= 15 is 0 Å². The lowest BCUT2D eigenvalue weighted by atomic mass is 10.1. The summed E-state index contributed by atoms with van der Waals surface area (Å²) in [6.07, 6.45) is -5.16. The number of aromatic nitrogens is 2. The molecule has 0 atom stereocenters. The monoisotopic (exact) mass is 625 g/mol. The average Bonchev–Trinajstić information content (AvgIpc) is 2.72. The highest BCUT2D eigenvalue weighted by atomic mass is 31.2. The zero-order valence-electron chi connectivity index (χ0n) is 24.1. The van der Waals surface area contributed by atoms with Crippen LogP contribution in [0.4, 0.5) is 18.9 Å². The minimum atomic E-state index is -4.68. The smallest absolute Gasteiger partial charge is 0.418 e. The van der Waals surface area contributed by atoms with Crippen molar-refractivity contribution in [3.8, 4) is 5.88 Å². The Labute approximate surface area is 230 Å². The molecule has 0 spiro atoms. The number of hydrogen-bond acceptors (Lipinski definition) is 8. The fraction of sp³-hybridized carbons (Fsp3) is 0.652. The first-order valence-corrected chi connectivity index (χ1v) is 24.7. The van der Waals surface area contributed by atoms with E-state index in [1.807, 2.05) is 58.9 Å². The Morgan fingerprint density at radius 1 is 0.949 bits per heavy atom. The van der Waals surface area contributed by atoms with E-state index in [1.54, 1.807) is 4.90 Å². The molecule has 1 aliphatic heterocycles. The fourth-order valence-corrected chi connectivity index (χ4v) is 13.1. The second kappa shape index (κ2) is 11.1. The molecule has 1 aromatic carbocycles. The summed E-state index contributed by atoms with van der Waals surface area (Å²) in [6, 6.07) is 2.22. The molecular formula is C23H39F3N3O6PSi3. The normalized spacial score (nSPS) is 16.2. The van der Waals surface area contributed by atoms with Crippen molar-refractivity contribution in [2.75, 3.05) is 31.2 Å². The Bertz CT molecular complexity index is 1290. The lowest BCUT2D eigenvalue weighted by molar-refractivity contribution is -0.137. The van der Waals surface area contributed by atoms with Crippen LogP contribution in [-0.4, -0.2) is 60.8 Å². The molecule has 39 heavy (non-hydrogen) atoms. The first-order chi connectivity index (χ1) is 17.6. The number of anilines is 1. The van der Waals surface area contributed by atoms with Gasteiger partial charge in [0.05, 0.1) is 35.5 Å². The van der Waals surface area contributed by atoms with E-state index in [2.05, 4.69) is 4.98 Å². The summed E-state index contributed by atoms with van der Waals surface area (Å²) >= 11 is 0. The minimum absolute atomic E-state index is 0.0935. The van der Waals surface area contributed by atoms with Crippen LogP contribution < -0.4 is 14.9 Å². The number of alkyl halides is 3. The maximum Gasteiger partial charge on any atom is 0.418 e. The maximum atomic E-state index is 14.3. The third-order valence-electron chi connectivity index (χ3n) is 5.23. The van der Waals surface area contributed by atoms with Crippen LogP contribution in [0.3, 0.4) is 0 Å². The van der Waals surface area contributed by atoms with Crippen molar-refractivity contribution in [3.05, 3.63) is 28.0 Å². The fourth-order valence-electron chi connectivity index (χ4n) is 4.13. The van der Waals surface area contributed by atoms with Crippen molar-refractivity contribution in [3.63, 3.8) is 0 Å². The van der Waals surface area contributed by atoms with Crippen LogP contribution in [0.5, 0.6) is 5.88 Å². The summed E-state index contributed by atoms with van der Waals surface area (Å²) < 4.78 is 81.6. The van der Waals surface area contributed by atoms with Gasteiger partial charge in [-0.1, -0.05) is 0 Å². The second-order valence-corrected chi connectivity index (χ2v) is 28.3. The molecule has 16 heteroatoms. The van der Waals surface area contributed by atoms with Gasteiger partial charge in [0.25, 0.3) is 5.88 Å². The van der Waals surface area contributed by atoms with Crippen LogP contribution in [0.1, 0.15) is 5.56 Å². The highest BCUT2D eigenvalue weighted by Crippen LogP contribution is 2.54. The van der Waals surface area contributed by atoms with Crippen LogP contribution >= 0.6 is 7.60 Å². The molecule has 2 aromatic rings. The van der Waals surface area contributed by atoms with E-state index < -0.39 is 56.1 Å². The van der Waals surface area contributed by atoms with Crippen molar-refractivity contribution >= 4 is 49.3 Å². The molecule has 2 heterocycles. The zero-order chi connectivity index (χ0) is 29.6. The third-order valence-corrected chi connectivity index (χ3v) is 13.3. The van der Waals surface area contributed by atoms with Crippen LogP contribution in [0.25, 0.3) is 11.0 Å². The van der Waals surface area contributed by atoms with Gasteiger partial charge < -0.3 is 22.5 Å². The molecule has 9 nitrogen and oxygen atoms in total. The molecule has 0 amide bonds. The van der Waals surface area contributed by atoms with E-state index in [1.165, 1.54) is 6.07 Å². The van der Waals surface area contributed by atoms with Gasteiger partial charge in [-0.05, 0) is 71.1 Å². The van der Waals surface area contributed by atoms with Crippen molar-refractivity contribution < 1.29 is 35.3 Å². The molecule has 1 saturated heterocycles. The van der Waals surface area contributed by atoms with Gasteiger partial charge in [-0.25, -0.2) is 4.98 Å². The summed E-state index contributed by atoms with van der Waals surface area (Å²) in [5.74, 6) is -0.332. The Kier molecular flexibility index (Phi) is 9.09. The van der Waals surface area contributed by atoms with Gasteiger partial charge in [0, 0.05) is 13.1 Å². The molecule has 0 unspecified atom stereocenters. The first kappa shape index (κ1) is 32.0. The number of benzene rings is 1.